The first kappa shape index (κ1) is 13.2. The topological polar surface area (TPSA) is 35.3 Å². The fourth-order valence-corrected chi connectivity index (χ4v) is 4.01. The quantitative estimate of drug-likeness (QED) is 0.828. The molecule has 0 spiro atoms. The van der Waals surface area contributed by atoms with Gasteiger partial charge < -0.3 is 9.15 Å². The van der Waals surface area contributed by atoms with E-state index in [1.54, 1.807) is 17.6 Å². The first-order chi connectivity index (χ1) is 9.42. The summed E-state index contributed by atoms with van der Waals surface area (Å²) >= 11 is 3.56. The van der Waals surface area contributed by atoms with Crippen LogP contribution in [0.2, 0.25) is 0 Å². The molecular weight excluding hydrogens is 278 g/mol. The molecule has 0 bridgehead atoms. The van der Waals surface area contributed by atoms with Gasteiger partial charge in [-0.1, -0.05) is 0 Å². The summed E-state index contributed by atoms with van der Waals surface area (Å²) in [7, 11) is 0. The Morgan fingerprint density at radius 1 is 1.42 bits per heavy atom. The Labute approximate surface area is 121 Å². The first-order valence-corrected chi connectivity index (χ1v) is 8.63. The fraction of sp³-hybridized carbons (Fsp3) is 0.500. The van der Waals surface area contributed by atoms with Gasteiger partial charge in [0.15, 0.2) is 10.8 Å². The van der Waals surface area contributed by atoms with Gasteiger partial charge in [-0.05, 0) is 31.4 Å². The predicted molar refractivity (Wildman–Crippen MR) is 79.6 cm³/mol. The van der Waals surface area contributed by atoms with Gasteiger partial charge in [-0.15, -0.1) is 11.3 Å². The lowest BCUT2D eigenvalue weighted by molar-refractivity contribution is 0.0315. The summed E-state index contributed by atoms with van der Waals surface area (Å²) in [5.74, 6) is 2.89. The van der Waals surface area contributed by atoms with E-state index < -0.39 is 0 Å². The van der Waals surface area contributed by atoms with Crippen molar-refractivity contribution in [1.82, 2.24) is 4.98 Å². The van der Waals surface area contributed by atoms with Crippen LogP contribution in [0.5, 0.6) is 0 Å². The van der Waals surface area contributed by atoms with Gasteiger partial charge in [-0.3, -0.25) is 0 Å². The minimum Gasteiger partial charge on any atom is -0.462 e. The van der Waals surface area contributed by atoms with Gasteiger partial charge in [0.2, 0.25) is 0 Å². The number of thioether (sulfide) groups is 1. The normalized spacial score (nSPS) is 19.7. The maximum absolute atomic E-state index is 5.73. The molecule has 1 aliphatic heterocycles. The van der Waals surface area contributed by atoms with Crippen molar-refractivity contribution < 1.29 is 9.15 Å². The van der Waals surface area contributed by atoms with E-state index >= 15 is 0 Å². The molecule has 3 rings (SSSR count). The standard InChI is InChI=1S/C14H17NO2S2/c1-2-6-16-12(4-1)10-18-8-11-9-19-14(15-11)13-5-3-7-17-13/h3,5,7,9,12H,1-2,4,6,8,10H2/t12-/m0/s1. The number of aromatic nitrogens is 1. The molecule has 102 valence electrons. The number of furan rings is 1. The number of hydrogen-bond donors (Lipinski definition) is 0. The molecule has 1 saturated heterocycles. The van der Waals surface area contributed by atoms with Crippen molar-refractivity contribution in [2.75, 3.05) is 12.4 Å². The van der Waals surface area contributed by atoms with Crippen molar-refractivity contribution in [1.29, 1.82) is 0 Å². The number of hydrogen-bond acceptors (Lipinski definition) is 5. The van der Waals surface area contributed by atoms with Crippen molar-refractivity contribution in [2.24, 2.45) is 0 Å². The molecule has 0 amide bonds. The molecule has 3 nitrogen and oxygen atoms in total. The second kappa shape index (κ2) is 6.59. The highest BCUT2D eigenvalue weighted by Crippen LogP contribution is 2.26. The molecular formula is C14H17NO2S2. The molecule has 0 N–H and O–H groups in total. The minimum absolute atomic E-state index is 0.446. The fourth-order valence-electron chi connectivity index (χ4n) is 2.12. The van der Waals surface area contributed by atoms with Crippen LogP contribution in [-0.2, 0) is 10.5 Å². The highest BCUT2D eigenvalue weighted by Gasteiger charge is 2.14. The average molecular weight is 295 g/mol. The Balaban J connectivity index is 1.48. The van der Waals surface area contributed by atoms with E-state index in [1.165, 1.54) is 19.3 Å². The smallest absolute Gasteiger partial charge is 0.162 e. The van der Waals surface area contributed by atoms with E-state index in [-0.39, 0.29) is 0 Å². The molecule has 5 heteroatoms. The zero-order valence-corrected chi connectivity index (χ0v) is 12.3. The lowest BCUT2D eigenvalue weighted by Gasteiger charge is -2.21. The highest BCUT2D eigenvalue weighted by atomic mass is 32.2. The molecule has 2 aromatic rings. The summed E-state index contributed by atoms with van der Waals surface area (Å²) in [5.41, 5.74) is 1.14. The molecule has 0 aliphatic carbocycles. The Kier molecular flexibility index (Phi) is 4.58. The Morgan fingerprint density at radius 2 is 2.42 bits per heavy atom. The lowest BCUT2D eigenvalue weighted by atomic mass is 10.1. The zero-order valence-electron chi connectivity index (χ0n) is 10.7. The van der Waals surface area contributed by atoms with Crippen molar-refractivity contribution in [3.63, 3.8) is 0 Å². The highest BCUT2D eigenvalue weighted by molar-refractivity contribution is 7.98. The van der Waals surface area contributed by atoms with Crippen molar-refractivity contribution in [3.8, 4) is 10.8 Å². The Bertz CT molecular complexity index is 489. The van der Waals surface area contributed by atoms with Crippen molar-refractivity contribution in [2.45, 2.75) is 31.1 Å². The summed E-state index contributed by atoms with van der Waals surface area (Å²) in [6.07, 6.45) is 5.87. The molecule has 3 heterocycles. The van der Waals surface area contributed by atoms with Crippen LogP contribution in [0.1, 0.15) is 25.0 Å². The van der Waals surface area contributed by atoms with Crippen molar-refractivity contribution in [3.05, 3.63) is 29.5 Å². The third kappa shape index (κ3) is 3.61. The van der Waals surface area contributed by atoms with Gasteiger partial charge in [0.05, 0.1) is 18.1 Å². The van der Waals surface area contributed by atoms with Gasteiger partial charge in [-0.2, -0.15) is 11.8 Å². The summed E-state index contributed by atoms with van der Waals surface area (Å²) in [6.45, 7) is 0.935. The van der Waals surface area contributed by atoms with E-state index in [0.29, 0.717) is 6.10 Å². The van der Waals surface area contributed by atoms with Crippen LogP contribution in [0.25, 0.3) is 10.8 Å². The SMILES string of the molecule is c1coc(-c2nc(CSC[C@@H]3CCCCO3)cs2)c1. The van der Waals surface area contributed by atoms with E-state index in [9.17, 15) is 0 Å². The molecule has 0 aromatic carbocycles. The third-order valence-corrected chi connectivity index (χ3v) is 5.12. The van der Waals surface area contributed by atoms with Crippen LogP contribution in [0.15, 0.2) is 28.2 Å². The Morgan fingerprint density at radius 3 is 3.21 bits per heavy atom. The Hall–Kier alpha value is -0.780. The second-order valence-electron chi connectivity index (χ2n) is 4.63. The molecule has 1 aliphatic rings. The van der Waals surface area contributed by atoms with E-state index in [0.717, 1.165) is 34.6 Å². The molecule has 1 fully saturated rings. The third-order valence-electron chi connectivity index (χ3n) is 3.11. The summed E-state index contributed by atoms with van der Waals surface area (Å²) in [5, 5.41) is 3.08. The number of nitrogens with zero attached hydrogens (tertiary/aromatic N) is 1. The summed E-state index contributed by atoms with van der Waals surface area (Å²) in [6, 6.07) is 3.84. The maximum atomic E-state index is 5.73. The van der Waals surface area contributed by atoms with Crippen LogP contribution in [0, 0.1) is 0 Å². The van der Waals surface area contributed by atoms with Gasteiger partial charge in [0.1, 0.15) is 0 Å². The number of rotatable bonds is 5. The molecule has 19 heavy (non-hydrogen) atoms. The van der Waals surface area contributed by atoms with Crippen molar-refractivity contribution >= 4 is 23.1 Å². The molecule has 0 unspecified atom stereocenters. The zero-order chi connectivity index (χ0) is 12.9. The lowest BCUT2D eigenvalue weighted by Crippen LogP contribution is -2.21. The van der Waals surface area contributed by atoms with Crippen LogP contribution in [-0.4, -0.2) is 23.4 Å². The molecule has 1 atom stereocenters. The molecule has 0 saturated carbocycles. The van der Waals surface area contributed by atoms with Gasteiger partial charge in [0.25, 0.3) is 0 Å². The van der Waals surface area contributed by atoms with E-state index in [4.69, 9.17) is 9.15 Å². The first-order valence-electron chi connectivity index (χ1n) is 6.59. The van der Waals surface area contributed by atoms with Gasteiger partial charge in [-0.25, -0.2) is 4.98 Å². The van der Waals surface area contributed by atoms with E-state index in [1.807, 2.05) is 23.9 Å². The van der Waals surface area contributed by atoms with Crippen LogP contribution in [0.4, 0.5) is 0 Å². The minimum atomic E-state index is 0.446. The van der Waals surface area contributed by atoms with Crippen LogP contribution < -0.4 is 0 Å². The van der Waals surface area contributed by atoms with Crippen LogP contribution in [0.3, 0.4) is 0 Å². The number of thiazole rings is 1. The largest absolute Gasteiger partial charge is 0.462 e. The monoisotopic (exact) mass is 295 g/mol. The average Bonchev–Trinajstić information content (AvgIpc) is 3.10. The predicted octanol–water partition coefficient (Wildman–Crippen LogP) is 4.21. The number of ether oxygens (including phenoxy) is 1. The second-order valence-corrected chi connectivity index (χ2v) is 6.51. The summed E-state index contributed by atoms with van der Waals surface area (Å²) < 4.78 is 11.1. The summed E-state index contributed by atoms with van der Waals surface area (Å²) in [4.78, 5) is 4.60. The van der Waals surface area contributed by atoms with Gasteiger partial charge >= 0.3 is 0 Å². The molecule has 2 aromatic heterocycles. The van der Waals surface area contributed by atoms with Crippen LogP contribution >= 0.6 is 23.1 Å². The molecule has 0 radical (unpaired) electrons. The van der Waals surface area contributed by atoms with E-state index in [2.05, 4.69) is 10.4 Å². The maximum Gasteiger partial charge on any atom is 0.162 e. The van der Waals surface area contributed by atoms with Gasteiger partial charge in [0, 0.05) is 23.5 Å².